The van der Waals surface area contributed by atoms with Crippen LogP contribution in [0, 0.1) is 5.82 Å². The second-order valence-electron chi connectivity index (χ2n) is 4.23. The first-order valence-corrected chi connectivity index (χ1v) is 6.20. The average molecular weight is 303 g/mol. The summed E-state index contributed by atoms with van der Waals surface area (Å²) in [5.41, 5.74) is 0.207. The third-order valence-electron chi connectivity index (χ3n) is 2.74. The molecule has 0 aromatic heterocycles. The molecule has 0 spiro atoms. The van der Waals surface area contributed by atoms with Gasteiger partial charge in [0.1, 0.15) is 5.82 Å². The van der Waals surface area contributed by atoms with Gasteiger partial charge in [-0.2, -0.15) is 0 Å². The highest BCUT2D eigenvalue weighted by Crippen LogP contribution is 2.18. The molecule has 1 atom stereocenters. The van der Waals surface area contributed by atoms with E-state index in [1.807, 2.05) is 0 Å². The SMILES string of the molecule is O=C(O)C1CN(C(=O)Nc2cc(F)cc(Cl)c2)CCO1. The molecule has 8 heteroatoms. The van der Waals surface area contributed by atoms with Crippen LogP contribution in [0.2, 0.25) is 5.02 Å². The van der Waals surface area contributed by atoms with Gasteiger partial charge < -0.3 is 20.1 Å². The van der Waals surface area contributed by atoms with E-state index < -0.39 is 23.9 Å². The van der Waals surface area contributed by atoms with Crippen molar-refractivity contribution in [3.8, 4) is 0 Å². The number of urea groups is 1. The Morgan fingerprint density at radius 3 is 2.85 bits per heavy atom. The highest BCUT2D eigenvalue weighted by molar-refractivity contribution is 6.30. The highest BCUT2D eigenvalue weighted by atomic mass is 35.5. The Morgan fingerprint density at radius 1 is 1.45 bits per heavy atom. The zero-order valence-electron chi connectivity index (χ0n) is 10.3. The van der Waals surface area contributed by atoms with Crippen molar-refractivity contribution in [1.82, 2.24) is 4.90 Å². The van der Waals surface area contributed by atoms with Gasteiger partial charge in [0.15, 0.2) is 6.10 Å². The van der Waals surface area contributed by atoms with Crippen molar-refractivity contribution >= 4 is 29.3 Å². The lowest BCUT2D eigenvalue weighted by Crippen LogP contribution is -2.49. The Kier molecular flexibility index (Phi) is 4.41. The van der Waals surface area contributed by atoms with Crippen LogP contribution >= 0.6 is 11.6 Å². The maximum Gasteiger partial charge on any atom is 0.334 e. The van der Waals surface area contributed by atoms with Gasteiger partial charge in [0.2, 0.25) is 0 Å². The molecular formula is C12H12ClFN2O4. The van der Waals surface area contributed by atoms with Gasteiger partial charge in [-0.1, -0.05) is 11.6 Å². The molecule has 1 aliphatic heterocycles. The van der Waals surface area contributed by atoms with Gasteiger partial charge in [0.05, 0.1) is 13.2 Å². The third-order valence-corrected chi connectivity index (χ3v) is 2.96. The molecule has 1 aromatic rings. The summed E-state index contributed by atoms with van der Waals surface area (Å²) in [4.78, 5) is 24.1. The van der Waals surface area contributed by atoms with E-state index in [9.17, 15) is 14.0 Å². The fourth-order valence-electron chi connectivity index (χ4n) is 1.81. The quantitative estimate of drug-likeness (QED) is 0.873. The van der Waals surface area contributed by atoms with Gasteiger partial charge >= 0.3 is 12.0 Å². The fraction of sp³-hybridized carbons (Fsp3) is 0.333. The lowest BCUT2D eigenvalue weighted by molar-refractivity contribution is -0.154. The van der Waals surface area contributed by atoms with E-state index in [2.05, 4.69) is 5.32 Å². The largest absolute Gasteiger partial charge is 0.479 e. The third kappa shape index (κ3) is 3.58. The van der Waals surface area contributed by atoms with Gasteiger partial charge in [-0.05, 0) is 18.2 Å². The minimum Gasteiger partial charge on any atom is -0.479 e. The smallest absolute Gasteiger partial charge is 0.334 e. The van der Waals surface area contributed by atoms with Crippen molar-refractivity contribution in [3.05, 3.63) is 29.0 Å². The van der Waals surface area contributed by atoms with E-state index in [1.165, 1.54) is 11.0 Å². The number of aliphatic carboxylic acids is 1. The van der Waals surface area contributed by atoms with Crippen LogP contribution in [-0.4, -0.2) is 47.8 Å². The van der Waals surface area contributed by atoms with Crippen LogP contribution in [0.4, 0.5) is 14.9 Å². The van der Waals surface area contributed by atoms with Crippen molar-refractivity contribution in [2.45, 2.75) is 6.10 Å². The number of ether oxygens (including phenoxy) is 1. The van der Waals surface area contributed by atoms with E-state index in [-0.39, 0.29) is 30.4 Å². The summed E-state index contributed by atoms with van der Waals surface area (Å²) in [6, 6.07) is 3.12. The number of carbonyl (C=O) groups excluding carboxylic acids is 1. The Labute approximate surface area is 119 Å². The second-order valence-corrected chi connectivity index (χ2v) is 4.67. The molecule has 1 unspecified atom stereocenters. The zero-order chi connectivity index (χ0) is 14.7. The van der Waals surface area contributed by atoms with E-state index in [1.54, 1.807) is 0 Å². The molecule has 1 heterocycles. The number of carbonyl (C=O) groups is 2. The number of nitrogens with one attached hydrogen (secondary N) is 1. The fourth-order valence-corrected chi connectivity index (χ4v) is 2.03. The number of hydrogen-bond donors (Lipinski definition) is 2. The zero-order valence-corrected chi connectivity index (χ0v) is 11.1. The van der Waals surface area contributed by atoms with Gasteiger partial charge in [-0.25, -0.2) is 14.0 Å². The second kappa shape index (κ2) is 6.06. The number of hydrogen-bond acceptors (Lipinski definition) is 3. The Hall–Kier alpha value is -1.86. The molecule has 1 saturated heterocycles. The lowest BCUT2D eigenvalue weighted by Gasteiger charge is -2.30. The first kappa shape index (κ1) is 14.5. The minimum atomic E-state index is -1.13. The van der Waals surface area contributed by atoms with E-state index >= 15 is 0 Å². The average Bonchev–Trinajstić information content (AvgIpc) is 2.37. The number of anilines is 1. The van der Waals surface area contributed by atoms with Crippen LogP contribution in [0.1, 0.15) is 0 Å². The standard InChI is InChI=1S/C12H12ClFN2O4/c13-7-3-8(14)5-9(4-7)15-12(19)16-1-2-20-10(6-16)11(17)18/h3-5,10H,1-2,6H2,(H,15,19)(H,17,18). The number of nitrogens with zero attached hydrogens (tertiary/aromatic N) is 1. The molecule has 0 saturated carbocycles. The van der Waals surface area contributed by atoms with Crippen molar-refractivity contribution in [3.63, 3.8) is 0 Å². The molecule has 20 heavy (non-hydrogen) atoms. The molecule has 1 fully saturated rings. The van der Waals surface area contributed by atoms with E-state index in [0.717, 1.165) is 12.1 Å². The first-order chi connectivity index (χ1) is 9.45. The maximum atomic E-state index is 13.1. The highest BCUT2D eigenvalue weighted by Gasteiger charge is 2.29. The molecule has 0 bridgehead atoms. The molecule has 0 radical (unpaired) electrons. The Balaban J connectivity index is 2.02. The lowest BCUT2D eigenvalue weighted by atomic mass is 10.3. The van der Waals surface area contributed by atoms with E-state index in [0.29, 0.717) is 0 Å². The normalized spacial score (nSPS) is 18.7. The van der Waals surface area contributed by atoms with Gasteiger partial charge in [0.25, 0.3) is 0 Å². The molecule has 1 aliphatic rings. The van der Waals surface area contributed by atoms with Crippen molar-refractivity contribution in [1.29, 1.82) is 0 Å². The van der Waals surface area contributed by atoms with Crippen molar-refractivity contribution < 1.29 is 23.8 Å². The number of benzene rings is 1. The predicted molar refractivity (Wildman–Crippen MR) is 69.4 cm³/mol. The summed E-state index contributed by atoms with van der Waals surface area (Å²) < 4.78 is 18.1. The number of rotatable bonds is 2. The summed E-state index contributed by atoms with van der Waals surface area (Å²) in [7, 11) is 0. The summed E-state index contributed by atoms with van der Waals surface area (Å²) in [6.07, 6.45) is -1.05. The van der Waals surface area contributed by atoms with Crippen LogP contribution in [0.25, 0.3) is 0 Å². The Morgan fingerprint density at radius 2 is 2.20 bits per heavy atom. The van der Waals surface area contributed by atoms with Gasteiger partial charge in [0, 0.05) is 17.3 Å². The molecule has 2 amide bonds. The predicted octanol–water partition coefficient (Wildman–Crippen LogP) is 1.80. The number of morpholine rings is 1. The summed E-state index contributed by atoms with van der Waals surface area (Å²) in [5.74, 6) is -1.70. The van der Waals surface area contributed by atoms with Crippen LogP contribution < -0.4 is 5.32 Å². The van der Waals surface area contributed by atoms with Crippen LogP contribution in [-0.2, 0) is 9.53 Å². The molecule has 108 valence electrons. The van der Waals surface area contributed by atoms with E-state index in [4.69, 9.17) is 21.4 Å². The number of halogens is 2. The van der Waals surface area contributed by atoms with Crippen LogP contribution in [0.15, 0.2) is 18.2 Å². The van der Waals surface area contributed by atoms with Crippen LogP contribution in [0.3, 0.4) is 0 Å². The molecule has 6 nitrogen and oxygen atoms in total. The number of carboxylic acid groups (broad SMARTS) is 1. The maximum absolute atomic E-state index is 13.1. The Bertz CT molecular complexity index is 520. The molecule has 1 aromatic carbocycles. The summed E-state index contributed by atoms with van der Waals surface area (Å²) in [6.45, 7) is 0.331. The topological polar surface area (TPSA) is 78.9 Å². The monoisotopic (exact) mass is 302 g/mol. The summed E-state index contributed by atoms with van der Waals surface area (Å²) in [5, 5.41) is 11.5. The van der Waals surface area contributed by atoms with Gasteiger partial charge in [-0.15, -0.1) is 0 Å². The summed E-state index contributed by atoms with van der Waals surface area (Å²) >= 11 is 5.68. The molecule has 0 aliphatic carbocycles. The molecule has 2 N–H and O–H groups in total. The number of amides is 2. The number of carboxylic acids is 1. The van der Waals surface area contributed by atoms with Crippen molar-refractivity contribution in [2.24, 2.45) is 0 Å². The molecule has 2 rings (SSSR count). The molecular weight excluding hydrogens is 291 g/mol. The van der Waals surface area contributed by atoms with Gasteiger partial charge in [-0.3, -0.25) is 0 Å². The van der Waals surface area contributed by atoms with Crippen molar-refractivity contribution in [2.75, 3.05) is 25.0 Å². The van der Waals surface area contributed by atoms with Crippen LogP contribution in [0.5, 0.6) is 0 Å². The minimum absolute atomic E-state index is 0.0653. The first-order valence-electron chi connectivity index (χ1n) is 5.82.